The van der Waals surface area contributed by atoms with Crippen LogP contribution in [0.3, 0.4) is 0 Å². The molecule has 3 saturated heterocycles. The van der Waals surface area contributed by atoms with Crippen molar-refractivity contribution in [1.29, 1.82) is 0 Å². The maximum Gasteiger partial charge on any atom is 0.220 e. The lowest BCUT2D eigenvalue weighted by Gasteiger charge is -2.41. The molecule has 1 spiro atoms. The van der Waals surface area contributed by atoms with Crippen molar-refractivity contribution >= 4 is 45.7 Å². The summed E-state index contributed by atoms with van der Waals surface area (Å²) < 4.78 is 23.4. The van der Waals surface area contributed by atoms with Crippen LogP contribution in [0, 0.1) is 11.3 Å². The summed E-state index contributed by atoms with van der Waals surface area (Å²) in [6.45, 7) is 7.34. The molecule has 2 N–H and O–H groups in total. The Morgan fingerprint density at radius 3 is 2.85 bits per heavy atom. The van der Waals surface area contributed by atoms with Gasteiger partial charge in [0.1, 0.15) is 0 Å². The second-order valence-corrected chi connectivity index (χ2v) is 10.6. The number of hydrogen-bond acceptors (Lipinski definition) is 4. The number of likely N-dealkylation sites (tertiary alicyclic amines) is 1. The smallest absolute Gasteiger partial charge is 0.220 e. The molecule has 27 heavy (non-hydrogen) atoms. The molecule has 3 atom stereocenters. The van der Waals surface area contributed by atoms with E-state index in [0.717, 1.165) is 44.9 Å². The van der Waals surface area contributed by atoms with Crippen LogP contribution in [0.15, 0.2) is 4.99 Å². The van der Waals surface area contributed by atoms with Gasteiger partial charge < -0.3 is 15.5 Å². The van der Waals surface area contributed by atoms with Gasteiger partial charge in [-0.15, -0.1) is 24.0 Å². The molecule has 0 aromatic heterocycles. The van der Waals surface area contributed by atoms with Gasteiger partial charge in [0.25, 0.3) is 0 Å². The summed E-state index contributed by atoms with van der Waals surface area (Å²) in [6, 6.07) is 0.308. The van der Waals surface area contributed by atoms with Crippen LogP contribution in [0.25, 0.3) is 0 Å². The van der Waals surface area contributed by atoms with Crippen LogP contribution < -0.4 is 10.6 Å². The predicted octanol–water partition coefficient (Wildman–Crippen LogP) is 1.39. The Morgan fingerprint density at radius 1 is 1.48 bits per heavy atom. The first kappa shape index (κ1) is 22.7. The minimum Gasteiger partial charge on any atom is -0.355 e. The fourth-order valence-electron chi connectivity index (χ4n) is 4.22. The van der Waals surface area contributed by atoms with Gasteiger partial charge in [0.2, 0.25) is 5.91 Å². The number of carbonyl (C=O) groups excluding carboxylic acids is 1. The summed E-state index contributed by atoms with van der Waals surface area (Å²) in [4.78, 5) is 18.8. The molecular formula is C18H33IN4O3S. The molecule has 3 aliphatic heterocycles. The van der Waals surface area contributed by atoms with Crippen LogP contribution in [-0.2, 0) is 14.6 Å². The fourth-order valence-corrected chi connectivity index (χ4v) is 6.07. The molecule has 3 aliphatic rings. The Balaban J connectivity index is 0.00000261. The molecule has 9 heteroatoms. The number of hydrogen-bond donors (Lipinski definition) is 2. The van der Waals surface area contributed by atoms with Gasteiger partial charge in [-0.3, -0.25) is 9.79 Å². The van der Waals surface area contributed by atoms with E-state index in [-0.39, 0.29) is 47.0 Å². The number of nitrogens with zero attached hydrogens (tertiary/aromatic N) is 2. The molecule has 3 heterocycles. The van der Waals surface area contributed by atoms with E-state index in [0.29, 0.717) is 31.2 Å². The van der Waals surface area contributed by atoms with Gasteiger partial charge in [-0.05, 0) is 38.5 Å². The Bertz CT molecular complexity index is 670. The number of guanidine groups is 1. The Kier molecular flexibility index (Phi) is 7.80. The molecule has 3 fully saturated rings. The molecule has 0 saturated carbocycles. The van der Waals surface area contributed by atoms with E-state index in [2.05, 4.69) is 29.4 Å². The first-order valence-corrected chi connectivity index (χ1v) is 11.7. The zero-order valence-electron chi connectivity index (χ0n) is 16.4. The Morgan fingerprint density at radius 2 is 2.26 bits per heavy atom. The summed E-state index contributed by atoms with van der Waals surface area (Å²) in [5.74, 6) is 1.71. The van der Waals surface area contributed by atoms with Gasteiger partial charge in [-0.25, -0.2) is 8.42 Å². The van der Waals surface area contributed by atoms with Crippen molar-refractivity contribution in [3.05, 3.63) is 0 Å². The molecule has 1 amide bonds. The minimum atomic E-state index is -2.87. The Labute approximate surface area is 180 Å². The number of sulfone groups is 1. The quantitative estimate of drug-likeness (QED) is 0.338. The van der Waals surface area contributed by atoms with Crippen LogP contribution in [-0.4, -0.2) is 68.9 Å². The average Bonchev–Trinajstić information content (AvgIpc) is 3.13. The second-order valence-electron chi connectivity index (χ2n) is 8.37. The van der Waals surface area contributed by atoms with Crippen LogP contribution in [0.5, 0.6) is 0 Å². The largest absolute Gasteiger partial charge is 0.355 e. The van der Waals surface area contributed by atoms with E-state index < -0.39 is 9.84 Å². The highest BCUT2D eigenvalue weighted by molar-refractivity contribution is 14.0. The standard InChI is InChI=1S/C18H32N4O3S.HI/c1-3-14(2)21-17(19-10-15-5-8-26(24,25)11-15)22-7-4-6-18(13-22)9-16(23)20-12-18;/h14-15H,3-13H2,1-2H3,(H,19,21)(H,20,23);1H. The molecule has 156 valence electrons. The average molecular weight is 512 g/mol. The third kappa shape index (κ3) is 5.95. The highest BCUT2D eigenvalue weighted by Gasteiger charge is 2.42. The maximum absolute atomic E-state index is 11.7. The summed E-state index contributed by atoms with van der Waals surface area (Å²) in [6.07, 6.45) is 4.43. The van der Waals surface area contributed by atoms with E-state index in [1.165, 1.54) is 0 Å². The highest BCUT2D eigenvalue weighted by Crippen LogP contribution is 2.36. The van der Waals surface area contributed by atoms with Crippen molar-refractivity contribution in [1.82, 2.24) is 15.5 Å². The van der Waals surface area contributed by atoms with Crippen molar-refractivity contribution in [2.75, 3.05) is 37.7 Å². The molecule has 0 aromatic carbocycles. The minimum absolute atomic E-state index is 0. The number of piperidine rings is 1. The predicted molar refractivity (Wildman–Crippen MR) is 118 cm³/mol. The van der Waals surface area contributed by atoms with Crippen LogP contribution in [0.4, 0.5) is 0 Å². The molecule has 3 unspecified atom stereocenters. The zero-order valence-corrected chi connectivity index (χ0v) is 19.5. The van der Waals surface area contributed by atoms with E-state index in [1.54, 1.807) is 0 Å². The maximum atomic E-state index is 11.7. The number of nitrogens with one attached hydrogen (secondary N) is 2. The summed E-state index contributed by atoms with van der Waals surface area (Å²) >= 11 is 0. The number of rotatable bonds is 4. The summed E-state index contributed by atoms with van der Waals surface area (Å²) in [5, 5.41) is 6.50. The van der Waals surface area contributed by atoms with Crippen LogP contribution in [0.2, 0.25) is 0 Å². The molecule has 3 rings (SSSR count). The van der Waals surface area contributed by atoms with E-state index >= 15 is 0 Å². The van der Waals surface area contributed by atoms with Crippen molar-refractivity contribution in [2.45, 2.75) is 52.0 Å². The number of amides is 1. The third-order valence-corrected chi connectivity index (χ3v) is 7.81. The molecule has 7 nitrogen and oxygen atoms in total. The van der Waals surface area contributed by atoms with Crippen LogP contribution >= 0.6 is 24.0 Å². The first-order valence-electron chi connectivity index (χ1n) is 9.84. The summed E-state index contributed by atoms with van der Waals surface area (Å²) in [5.41, 5.74) is 0.0178. The summed E-state index contributed by atoms with van der Waals surface area (Å²) in [7, 11) is -2.87. The van der Waals surface area contributed by atoms with Crippen molar-refractivity contribution in [3.63, 3.8) is 0 Å². The first-order chi connectivity index (χ1) is 12.3. The lowest BCUT2D eigenvalue weighted by atomic mass is 9.79. The van der Waals surface area contributed by atoms with Crippen LogP contribution in [0.1, 0.15) is 46.0 Å². The monoisotopic (exact) mass is 512 g/mol. The zero-order chi connectivity index (χ0) is 18.8. The highest BCUT2D eigenvalue weighted by atomic mass is 127. The van der Waals surface area contributed by atoms with Gasteiger partial charge in [-0.1, -0.05) is 6.92 Å². The molecular weight excluding hydrogens is 479 g/mol. The van der Waals surface area contributed by atoms with Gasteiger partial charge in [0, 0.05) is 44.1 Å². The number of carbonyl (C=O) groups is 1. The fraction of sp³-hybridized carbons (Fsp3) is 0.889. The number of aliphatic imine (C=N–C) groups is 1. The van der Waals surface area contributed by atoms with Crippen molar-refractivity contribution in [3.8, 4) is 0 Å². The third-order valence-electron chi connectivity index (χ3n) is 5.97. The Hall–Kier alpha value is -0.580. The molecule has 0 aromatic rings. The van der Waals surface area contributed by atoms with Crippen molar-refractivity contribution < 1.29 is 13.2 Å². The SMILES string of the molecule is CCC(C)NC(=NCC1CCS(=O)(=O)C1)N1CCCC2(CNC(=O)C2)C1.I. The van der Waals surface area contributed by atoms with Gasteiger partial charge >= 0.3 is 0 Å². The van der Waals surface area contributed by atoms with E-state index in [4.69, 9.17) is 4.99 Å². The number of halogens is 1. The van der Waals surface area contributed by atoms with E-state index in [9.17, 15) is 13.2 Å². The molecule has 0 aliphatic carbocycles. The normalized spacial score (nSPS) is 31.5. The second kappa shape index (κ2) is 9.28. The topological polar surface area (TPSA) is 90.9 Å². The van der Waals surface area contributed by atoms with Gasteiger partial charge in [0.15, 0.2) is 15.8 Å². The lowest BCUT2D eigenvalue weighted by Crippen LogP contribution is -2.53. The molecule has 0 radical (unpaired) electrons. The van der Waals surface area contributed by atoms with Gasteiger partial charge in [0.05, 0.1) is 11.5 Å². The lowest BCUT2D eigenvalue weighted by molar-refractivity contribution is -0.119. The molecule has 0 bridgehead atoms. The van der Waals surface area contributed by atoms with E-state index in [1.807, 2.05) is 0 Å². The van der Waals surface area contributed by atoms with Gasteiger partial charge in [-0.2, -0.15) is 0 Å². The van der Waals surface area contributed by atoms with Crippen molar-refractivity contribution in [2.24, 2.45) is 16.3 Å².